The van der Waals surface area contributed by atoms with Gasteiger partial charge < -0.3 is 20.8 Å². The van der Waals surface area contributed by atoms with E-state index >= 15 is 0 Å². The molecule has 0 bridgehead atoms. The molecular weight excluding hydrogens is 440 g/mol. The number of amidine groups is 1. The number of benzene rings is 1. The third-order valence-corrected chi connectivity index (χ3v) is 7.21. The van der Waals surface area contributed by atoms with Crippen molar-refractivity contribution >= 4 is 28.5 Å². The van der Waals surface area contributed by atoms with Crippen molar-refractivity contribution in [2.75, 3.05) is 5.32 Å². The van der Waals surface area contributed by atoms with E-state index in [1.54, 1.807) is 23.3 Å². The number of carbonyl (C=O) groups is 1. The molecular formula is C23H24N6O3S. The van der Waals surface area contributed by atoms with Gasteiger partial charge in [0.25, 0.3) is 0 Å². The molecule has 9 nitrogen and oxygen atoms in total. The average Bonchev–Trinajstić information content (AvgIpc) is 3.52. The van der Waals surface area contributed by atoms with Crippen LogP contribution in [0.2, 0.25) is 0 Å². The van der Waals surface area contributed by atoms with Crippen LogP contribution in [0.5, 0.6) is 0 Å². The molecule has 1 aliphatic heterocycles. The van der Waals surface area contributed by atoms with Gasteiger partial charge in [0.1, 0.15) is 6.10 Å². The molecule has 2 aliphatic rings. The molecule has 0 radical (unpaired) electrons. The molecule has 1 aromatic carbocycles. The molecule has 4 N–H and O–H groups in total. The number of aromatic nitrogens is 3. The number of hydrogen-bond donors (Lipinski definition) is 4. The summed E-state index contributed by atoms with van der Waals surface area (Å²) in [5.41, 5.74) is 2.67. The quantitative estimate of drug-likeness (QED) is 0.452. The molecule has 0 spiro atoms. The number of pyridine rings is 1. The molecule has 3 aromatic rings. The summed E-state index contributed by atoms with van der Waals surface area (Å²) in [6.07, 6.45) is 5.16. The Morgan fingerprint density at radius 3 is 2.73 bits per heavy atom. The number of thioether (sulfide) groups is 1. The van der Waals surface area contributed by atoms with Crippen LogP contribution in [0.1, 0.15) is 12.0 Å². The van der Waals surface area contributed by atoms with Crippen LogP contribution in [0.25, 0.3) is 5.69 Å². The standard InChI is InChI=1S/C23H24N6O3S/c30-18-11-17(22(32)25-13-14-3-1-8-24-12-14)21-19(20(18)31)28-23(33-21)27-15-4-6-16(7-5-15)29-10-2-9-26-29/h1-10,12,17-21,30-31H,11,13H2,(H,25,32)(H,27,28)/t17-,18-,19-,20+,21-/m1/s1. The predicted molar refractivity (Wildman–Crippen MR) is 126 cm³/mol. The zero-order valence-corrected chi connectivity index (χ0v) is 18.5. The van der Waals surface area contributed by atoms with Crippen LogP contribution < -0.4 is 10.6 Å². The van der Waals surface area contributed by atoms with Gasteiger partial charge in [-0.3, -0.25) is 14.8 Å². The van der Waals surface area contributed by atoms with Gasteiger partial charge in [0.2, 0.25) is 5.91 Å². The minimum atomic E-state index is -1.01. The Bertz CT molecular complexity index is 1120. The van der Waals surface area contributed by atoms with Crippen molar-refractivity contribution in [3.8, 4) is 5.69 Å². The van der Waals surface area contributed by atoms with Crippen molar-refractivity contribution < 1.29 is 15.0 Å². The van der Waals surface area contributed by atoms with Gasteiger partial charge in [0, 0.05) is 42.3 Å². The molecule has 1 aliphatic carbocycles. The zero-order chi connectivity index (χ0) is 22.8. The van der Waals surface area contributed by atoms with E-state index in [4.69, 9.17) is 0 Å². The van der Waals surface area contributed by atoms with Crippen LogP contribution in [-0.4, -0.2) is 59.6 Å². The number of rotatable bonds is 5. The summed E-state index contributed by atoms with van der Waals surface area (Å²) in [5.74, 6) is -0.632. The highest BCUT2D eigenvalue weighted by molar-refractivity contribution is 8.15. The number of nitrogens with one attached hydrogen (secondary N) is 2. The first kappa shape index (κ1) is 21.6. The van der Waals surface area contributed by atoms with Crippen molar-refractivity contribution in [1.82, 2.24) is 20.1 Å². The summed E-state index contributed by atoms with van der Waals surface area (Å²) >= 11 is 1.43. The van der Waals surface area contributed by atoms with Crippen LogP contribution in [0, 0.1) is 5.92 Å². The second kappa shape index (κ2) is 9.34. The van der Waals surface area contributed by atoms with Gasteiger partial charge in [-0.05, 0) is 48.4 Å². The zero-order valence-electron chi connectivity index (χ0n) is 17.7. The van der Waals surface area contributed by atoms with Crippen molar-refractivity contribution in [2.24, 2.45) is 10.9 Å². The van der Waals surface area contributed by atoms with Gasteiger partial charge >= 0.3 is 0 Å². The lowest BCUT2D eigenvalue weighted by Gasteiger charge is -2.37. The van der Waals surface area contributed by atoms with E-state index in [-0.39, 0.29) is 17.6 Å². The number of nitrogens with zero attached hydrogens (tertiary/aromatic N) is 4. The van der Waals surface area contributed by atoms with E-state index in [1.165, 1.54) is 11.8 Å². The van der Waals surface area contributed by atoms with Gasteiger partial charge in [-0.15, -0.1) is 0 Å². The highest BCUT2D eigenvalue weighted by Crippen LogP contribution is 2.41. The first-order valence-corrected chi connectivity index (χ1v) is 11.6. The van der Waals surface area contributed by atoms with Gasteiger partial charge in [0.15, 0.2) is 5.17 Å². The Morgan fingerprint density at radius 2 is 2.00 bits per heavy atom. The summed E-state index contributed by atoms with van der Waals surface area (Å²) in [5, 5.41) is 31.7. The van der Waals surface area contributed by atoms with Crippen molar-refractivity contribution in [1.29, 1.82) is 0 Å². The summed E-state index contributed by atoms with van der Waals surface area (Å²) in [6.45, 7) is 0.360. The molecule has 170 valence electrons. The van der Waals surface area contributed by atoms with Crippen LogP contribution in [0.15, 0.2) is 72.2 Å². The van der Waals surface area contributed by atoms with Crippen LogP contribution in [0.4, 0.5) is 5.69 Å². The fourth-order valence-electron chi connectivity index (χ4n) is 4.17. The van der Waals surface area contributed by atoms with Crippen molar-refractivity contribution in [3.05, 3.63) is 72.8 Å². The second-order valence-electron chi connectivity index (χ2n) is 8.11. The van der Waals surface area contributed by atoms with E-state index in [1.807, 2.05) is 48.7 Å². The highest BCUT2D eigenvalue weighted by atomic mass is 32.2. The Labute approximate surface area is 195 Å². The number of aliphatic imine (C=N–C) groups is 1. The molecule has 2 aromatic heterocycles. The van der Waals surface area contributed by atoms with Gasteiger partial charge in [-0.2, -0.15) is 5.10 Å². The maximum absolute atomic E-state index is 13.0. The van der Waals surface area contributed by atoms with E-state index in [2.05, 4.69) is 25.7 Å². The lowest BCUT2D eigenvalue weighted by atomic mass is 9.81. The monoisotopic (exact) mass is 464 g/mol. The summed E-state index contributed by atoms with van der Waals surface area (Å²) < 4.78 is 1.77. The number of aliphatic hydroxyl groups excluding tert-OH is 2. The maximum Gasteiger partial charge on any atom is 0.224 e. The maximum atomic E-state index is 13.0. The summed E-state index contributed by atoms with van der Waals surface area (Å²) in [7, 11) is 0. The second-order valence-corrected chi connectivity index (χ2v) is 9.28. The molecule has 5 rings (SSSR count). The molecule has 5 atom stereocenters. The molecule has 0 unspecified atom stereocenters. The minimum absolute atomic E-state index is 0.160. The fourth-order valence-corrected chi connectivity index (χ4v) is 5.55. The molecule has 3 heterocycles. The topological polar surface area (TPSA) is 125 Å². The SMILES string of the molecule is O=C(NCc1cccnc1)[C@@H]1C[C@@H](O)[C@H](O)[C@H]2N=C(Nc3ccc(-n4cccn4)cc3)S[C@@H]21. The van der Waals surface area contributed by atoms with Gasteiger partial charge in [0.05, 0.1) is 23.8 Å². The third kappa shape index (κ3) is 4.63. The molecule has 1 saturated carbocycles. The lowest BCUT2D eigenvalue weighted by Crippen LogP contribution is -2.53. The predicted octanol–water partition coefficient (Wildman–Crippen LogP) is 1.58. The summed E-state index contributed by atoms with van der Waals surface area (Å²) in [4.78, 5) is 21.6. The number of anilines is 1. The minimum Gasteiger partial charge on any atom is -0.390 e. The fraction of sp³-hybridized carbons (Fsp3) is 0.304. The van der Waals surface area contributed by atoms with Crippen LogP contribution >= 0.6 is 11.8 Å². The number of aliphatic hydroxyl groups is 2. The Hall–Kier alpha value is -3.21. The number of carbonyl (C=O) groups excluding carboxylic acids is 1. The number of hydrogen-bond acceptors (Lipinski definition) is 8. The van der Waals surface area contributed by atoms with E-state index in [9.17, 15) is 15.0 Å². The van der Waals surface area contributed by atoms with Crippen molar-refractivity contribution in [2.45, 2.75) is 36.5 Å². The molecule has 1 fully saturated rings. The van der Waals surface area contributed by atoms with Crippen molar-refractivity contribution in [3.63, 3.8) is 0 Å². The third-order valence-electron chi connectivity index (χ3n) is 5.90. The number of amides is 1. The van der Waals surface area contributed by atoms with Gasteiger partial charge in [-0.1, -0.05) is 17.8 Å². The molecule has 33 heavy (non-hydrogen) atoms. The normalized spacial score (nSPS) is 26.4. The molecule has 0 saturated heterocycles. The Morgan fingerprint density at radius 1 is 1.15 bits per heavy atom. The Kier molecular flexibility index (Phi) is 6.12. The first-order chi connectivity index (χ1) is 16.1. The van der Waals surface area contributed by atoms with Crippen LogP contribution in [-0.2, 0) is 11.3 Å². The molecule has 10 heteroatoms. The van der Waals surface area contributed by atoms with E-state index < -0.39 is 24.2 Å². The summed E-state index contributed by atoms with van der Waals surface area (Å²) in [6, 6.07) is 12.7. The van der Waals surface area contributed by atoms with E-state index in [0.29, 0.717) is 11.7 Å². The Balaban J connectivity index is 1.26. The van der Waals surface area contributed by atoms with Gasteiger partial charge in [-0.25, -0.2) is 4.68 Å². The number of fused-ring (bicyclic) bond motifs is 1. The largest absolute Gasteiger partial charge is 0.390 e. The highest BCUT2D eigenvalue weighted by Gasteiger charge is 2.50. The van der Waals surface area contributed by atoms with E-state index in [0.717, 1.165) is 16.9 Å². The first-order valence-electron chi connectivity index (χ1n) is 10.7. The average molecular weight is 465 g/mol. The lowest BCUT2D eigenvalue weighted by molar-refractivity contribution is -0.129. The van der Waals surface area contributed by atoms with Crippen LogP contribution in [0.3, 0.4) is 0 Å². The molecule has 1 amide bonds. The smallest absolute Gasteiger partial charge is 0.224 e.